The fourth-order valence-corrected chi connectivity index (χ4v) is 1.64. The van der Waals surface area contributed by atoms with Crippen LogP contribution >= 0.6 is 0 Å². The van der Waals surface area contributed by atoms with Gasteiger partial charge in [0.1, 0.15) is 5.76 Å². The second-order valence-corrected chi connectivity index (χ2v) is 5.07. The van der Waals surface area contributed by atoms with Gasteiger partial charge in [-0.3, -0.25) is 0 Å². The van der Waals surface area contributed by atoms with E-state index in [4.69, 9.17) is 4.52 Å². The van der Waals surface area contributed by atoms with Crippen molar-refractivity contribution in [1.29, 1.82) is 0 Å². The van der Waals surface area contributed by atoms with Gasteiger partial charge in [0.05, 0.1) is 0 Å². The molecule has 0 amide bonds. The number of aromatic nitrogens is 3. The second kappa shape index (κ2) is 3.91. The zero-order chi connectivity index (χ0) is 12.6. The molecule has 1 N–H and O–H groups in total. The maximum absolute atomic E-state index is 11.7. The van der Waals surface area contributed by atoms with Gasteiger partial charge < -0.3 is 9.51 Å². The van der Waals surface area contributed by atoms with Crippen LogP contribution in [0.4, 0.5) is 0 Å². The Balaban J connectivity index is 2.51. The van der Waals surface area contributed by atoms with Gasteiger partial charge in [-0.2, -0.15) is 0 Å². The predicted octanol–water partition coefficient (Wildman–Crippen LogP) is 2.01. The van der Waals surface area contributed by atoms with Gasteiger partial charge in [0, 0.05) is 23.4 Å². The zero-order valence-corrected chi connectivity index (χ0v) is 10.6. The summed E-state index contributed by atoms with van der Waals surface area (Å²) in [4.78, 5) is 14.3. The first-order valence-corrected chi connectivity index (χ1v) is 5.70. The average Bonchev–Trinajstić information content (AvgIpc) is 2.82. The number of H-pyrrole nitrogens is 1. The van der Waals surface area contributed by atoms with Crippen LogP contribution in [0.15, 0.2) is 21.6 Å². The molecule has 2 aromatic rings. The number of hydrogen-bond acceptors (Lipinski definition) is 3. The summed E-state index contributed by atoms with van der Waals surface area (Å²) < 4.78 is 6.82. The average molecular weight is 235 g/mol. The molecule has 0 aromatic carbocycles. The standard InChI is InChI=1S/C12H17N3O2/c1-5-8-7-13-11(16)15(8)10-6-9(17-14-10)12(2,3)4/h6-7H,5H2,1-4H3,(H,13,16). The number of hydrogen-bond donors (Lipinski definition) is 1. The van der Waals surface area contributed by atoms with E-state index in [9.17, 15) is 4.79 Å². The highest BCUT2D eigenvalue weighted by Crippen LogP contribution is 2.23. The molecule has 0 spiro atoms. The molecule has 17 heavy (non-hydrogen) atoms. The Hall–Kier alpha value is -1.78. The monoisotopic (exact) mass is 235 g/mol. The van der Waals surface area contributed by atoms with Crippen molar-refractivity contribution in [3.05, 3.63) is 34.2 Å². The molecule has 5 heteroatoms. The minimum Gasteiger partial charge on any atom is -0.359 e. The Labute approximate surface area is 99.4 Å². The first-order valence-electron chi connectivity index (χ1n) is 5.70. The maximum atomic E-state index is 11.7. The normalized spacial score (nSPS) is 12.0. The van der Waals surface area contributed by atoms with Crippen LogP contribution in [0.3, 0.4) is 0 Å². The number of aryl methyl sites for hydroxylation is 1. The molecule has 2 heterocycles. The fraction of sp³-hybridized carbons (Fsp3) is 0.500. The van der Waals surface area contributed by atoms with Gasteiger partial charge in [-0.25, -0.2) is 9.36 Å². The van der Waals surface area contributed by atoms with E-state index in [0.717, 1.165) is 17.9 Å². The molecule has 0 radical (unpaired) electrons. The first-order chi connectivity index (χ1) is 7.93. The highest BCUT2D eigenvalue weighted by molar-refractivity contribution is 5.27. The molecule has 2 rings (SSSR count). The van der Waals surface area contributed by atoms with Crippen molar-refractivity contribution in [2.75, 3.05) is 0 Å². The summed E-state index contributed by atoms with van der Waals surface area (Å²) in [5, 5.41) is 3.96. The van der Waals surface area contributed by atoms with Crippen molar-refractivity contribution in [3.63, 3.8) is 0 Å². The summed E-state index contributed by atoms with van der Waals surface area (Å²) in [5.74, 6) is 1.31. The SMILES string of the molecule is CCc1c[nH]c(=O)n1-c1cc(C(C)(C)C)on1. The molecule has 0 fully saturated rings. The van der Waals surface area contributed by atoms with Crippen LogP contribution in [-0.2, 0) is 11.8 Å². The van der Waals surface area contributed by atoms with Gasteiger partial charge in [-0.1, -0.05) is 32.9 Å². The van der Waals surface area contributed by atoms with Crippen LogP contribution in [0.5, 0.6) is 0 Å². The highest BCUT2D eigenvalue weighted by Gasteiger charge is 2.21. The lowest BCUT2D eigenvalue weighted by molar-refractivity contribution is 0.328. The summed E-state index contributed by atoms with van der Waals surface area (Å²) in [5.41, 5.74) is 0.594. The third kappa shape index (κ3) is 2.05. The fourth-order valence-electron chi connectivity index (χ4n) is 1.64. The molecule has 2 aromatic heterocycles. The van der Waals surface area contributed by atoms with Crippen LogP contribution in [0, 0.1) is 0 Å². The maximum Gasteiger partial charge on any atom is 0.331 e. The topological polar surface area (TPSA) is 63.8 Å². The Kier molecular flexibility index (Phi) is 2.69. The molecule has 0 saturated heterocycles. The number of nitrogens with one attached hydrogen (secondary N) is 1. The van der Waals surface area contributed by atoms with Gasteiger partial charge in [-0.15, -0.1) is 0 Å². The van der Waals surface area contributed by atoms with Gasteiger partial charge in [0.15, 0.2) is 5.82 Å². The smallest absolute Gasteiger partial charge is 0.331 e. The van der Waals surface area contributed by atoms with Gasteiger partial charge in [-0.05, 0) is 6.42 Å². The van der Waals surface area contributed by atoms with Crippen LogP contribution in [0.2, 0.25) is 0 Å². The Bertz CT molecular complexity index is 569. The lowest BCUT2D eigenvalue weighted by atomic mass is 9.93. The summed E-state index contributed by atoms with van der Waals surface area (Å²) >= 11 is 0. The van der Waals surface area contributed by atoms with Crippen molar-refractivity contribution >= 4 is 0 Å². The molecule has 0 aliphatic heterocycles. The summed E-state index contributed by atoms with van der Waals surface area (Å²) in [7, 11) is 0. The molecule has 0 saturated carbocycles. The van der Waals surface area contributed by atoms with E-state index in [1.807, 2.05) is 33.8 Å². The summed E-state index contributed by atoms with van der Waals surface area (Å²) in [6, 6.07) is 1.81. The number of rotatable bonds is 2. The van der Waals surface area contributed by atoms with E-state index in [1.54, 1.807) is 10.8 Å². The largest absolute Gasteiger partial charge is 0.359 e. The summed E-state index contributed by atoms with van der Waals surface area (Å²) in [6.07, 6.45) is 2.46. The first kappa shape index (κ1) is 11.7. The zero-order valence-electron chi connectivity index (χ0n) is 10.6. The number of imidazole rings is 1. The van der Waals surface area contributed by atoms with E-state index in [0.29, 0.717) is 5.82 Å². The van der Waals surface area contributed by atoms with Gasteiger partial charge >= 0.3 is 5.69 Å². The third-order valence-electron chi connectivity index (χ3n) is 2.68. The van der Waals surface area contributed by atoms with Crippen molar-refractivity contribution in [1.82, 2.24) is 14.7 Å². The Morgan fingerprint density at radius 1 is 1.47 bits per heavy atom. The minimum atomic E-state index is -0.185. The second-order valence-electron chi connectivity index (χ2n) is 5.07. The van der Waals surface area contributed by atoms with Crippen LogP contribution < -0.4 is 5.69 Å². The van der Waals surface area contributed by atoms with Gasteiger partial charge in [0.2, 0.25) is 0 Å². The predicted molar refractivity (Wildman–Crippen MR) is 64.5 cm³/mol. The molecule has 0 aliphatic rings. The number of aromatic amines is 1. The quantitative estimate of drug-likeness (QED) is 0.866. The molecular formula is C12H17N3O2. The Morgan fingerprint density at radius 2 is 2.18 bits per heavy atom. The lowest BCUT2D eigenvalue weighted by Crippen LogP contribution is -2.17. The molecule has 0 aliphatic carbocycles. The molecule has 0 atom stereocenters. The van der Waals surface area contributed by atoms with Crippen LogP contribution in [-0.4, -0.2) is 14.7 Å². The molecular weight excluding hydrogens is 218 g/mol. The Morgan fingerprint density at radius 3 is 2.71 bits per heavy atom. The van der Waals surface area contributed by atoms with Crippen molar-refractivity contribution in [3.8, 4) is 5.82 Å². The van der Waals surface area contributed by atoms with Crippen LogP contribution in [0.25, 0.3) is 5.82 Å². The van der Waals surface area contributed by atoms with Crippen molar-refractivity contribution in [2.24, 2.45) is 0 Å². The van der Waals surface area contributed by atoms with E-state index < -0.39 is 0 Å². The van der Waals surface area contributed by atoms with Crippen LogP contribution in [0.1, 0.15) is 39.1 Å². The molecule has 92 valence electrons. The van der Waals surface area contributed by atoms with Crippen molar-refractivity contribution in [2.45, 2.75) is 39.5 Å². The van der Waals surface area contributed by atoms with Crippen molar-refractivity contribution < 1.29 is 4.52 Å². The molecule has 5 nitrogen and oxygen atoms in total. The molecule has 0 unspecified atom stereocenters. The highest BCUT2D eigenvalue weighted by atomic mass is 16.5. The third-order valence-corrected chi connectivity index (χ3v) is 2.68. The van der Waals surface area contributed by atoms with Gasteiger partial charge in [0.25, 0.3) is 0 Å². The van der Waals surface area contributed by atoms with E-state index >= 15 is 0 Å². The van der Waals surface area contributed by atoms with E-state index in [-0.39, 0.29) is 11.1 Å². The lowest BCUT2D eigenvalue weighted by Gasteiger charge is -2.12. The summed E-state index contributed by atoms with van der Waals surface area (Å²) in [6.45, 7) is 8.11. The number of nitrogens with zero attached hydrogens (tertiary/aromatic N) is 2. The molecule has 0 bridgehead atoms. The van der Waals surface area contributed by atoms with E-state index in [2.05, 4.69) is 10.1 Å². The minimum absolute atomic E-state index is 0.114. The van der Waals surface area contributed by atoms with E-state index in [1.165, 1.54) is 0 Å².